The molecule has 4 rings (SSSR count). The summed E-state index contributed by atoms with van der Waals surface area (Å²) in [6.45, 7) is 1.75. The van der Waals surface area contributed by atoms with Gasteiger partial charge in [0.15, 0.2) is 5.65 Å². The number of anilines is 2. The molecule has 12 heteroatoms. The first-order valence-corrected chi connectivity index (χ1v) is 11.9. The van der Waals surface area contributed by atoms with Crippen molar-refractivity contribution in [2.24, 2.45) is 5.92 Å². The summed E-state index contributed by atoms with van der Waals surface area (Å²) in [5, 5.41) is 12.2. The van der Waals surface area contributed by atoms with Gasteiger partial charge < -0.3 is 10.2 Å². The lowest BCUT2D eigenvalue weighted by molar-refractivity contribution is -0.132. The first-order chi connectivity index (χ1) is 15.5. The highest BCUT2D eigenvalue weighted by Crippen LogP contribution is 2.22. The van der Waals surface area contributed by atoms with Gasteiger partial charge in [0.05, 0.1) is 23.5 Å². The number of hydrogen-bond acceptors (Lipinski definition) is 7. The number of halogens is 2. The number of nitrogens with zero attached hydrogens (tertiary/aromatic N) is 7. The molecule has 0 radical (unpaired) electrons. The predicted molar refractivity (Wildman–Crippen MR) is 119 cm³/mol. The van der Waals surface area contributed by atoms with E-state index in [-0.39, 0.29) is 5.91 Å². The van der Waals surface area contributed by atoms with Crippen LogP contribution < -0.4 is 5.32 Å². The second kappa shape index (κ2) is 10.2. The van der Waals surface area contributed by atoms with Crippen molar-refractivity contribution in [3.8, 4) is 0 Å². The summed E-state index contributed by atoms with van der Waals surface area (Å²) in [6, 6.07) is 0. The summed E-state index contributed by atoms with van der Waals surface area (Å²) in [4.78, 5) is 23.2. The van der Waals surface area contributed by atoms with Gasteiger partial charge in [-0.25, -0.2) is 18.4 Å². The van der Waals surface area contributed by atoms with Crippen LogP contribution in [0, 0.1) is 5.92 Å². The molecule has 1 unspecified atom stereocenters. The SMILES string of the molecule is CSCCC(=O)N1CCCC(Cn2ncc3cnc(Nc4cnn(CC(F)F)c4)nc32)C1. The van der Waals surface area contributed by atoms with Gasteiger partial charge in [-0.05, 0) is 25.0 Å². The summed E-state index contributed by atoms with van der Waals surface area (Å²) < 4.78 is 28.1. The van der Waals surface area contributed by atoms with Crippen LogP contribution in [-0.2, 0) is 17.9 Å². The average molecular weight is 465 g/mol. The number of carbonyl (C=O) groups is 1. The molecule has 172 valence electrons. The smallest absolute Gasteiger partial charge is 0.257 e. The van der Waals surface area contributed by atoms with E-state index in [1.54, 1.807) is 24.2 Å². The van der Waals surface area contributed by atoms with Gasteiger partial charge in [0, 0.05) is 44.2 Å². The summed E-state index contributed by atoms with van der Waals surface area (Å²) >= 11 is 1.69. The van der Waals surface area contributed by atoms with E-state index < -0.39 is 13.0 Å². The molecule has 1 saturated heterocycles. The number of nitrogens with one attached hydrogen (secondary N) is 1. The molecule has 1 atom stereocenters. The Kier molecular flexibility index (Phi) is 7.18. The monoisotopic (exact) mass is 464 g/mol. The Morgan fingerprint density at radius 3 is 3.00 bits per heavy atom. The second-order valence-corrected chi connectivity index (χ2v) is 8.84. The zero-order valence-electron chi connectivity index (χ0n) is 17.8. The Morgan fingerprint density at radius 1 is 1.31 bits per heavy atom. The van der Waals surface area contributed by atoms with Crippen molar-refractivity contribution in [1.82, 2.24) is 34.4 Å². The maximum absolute atomic E-state index is 12.5. The summed E-state index contributed by atoms with van der Waals surface area (Å²) in [5.41, 5.74) is 1.22. The molecule has 4 heterocycles. The van der Waals surface area contributed by atoms with Crippen molar-refractivity contribution < 1.29 is 13.6 Å². The fraction of sp³-hybridized carbons (Fsp3) is 0.550. The Bertz CT molecular complexity index is 1060. The normalized spacial score (nSPS) is 16.8. The van der Waals surface area contributed by atoms with Gasteiger partial charge >= 0.3 is 0 Å². The van der Waals surface area contributed by atoms with Gasteiger partial charge in [-0.3, -0.25) is 9.48 Å². The van der Waals surface area contributed by atoms with E-state index in [4.69, 9.17) is 0 Å². The van der Waals surface area contributed by atoms with Gasteiger partial charge in [0.2, 0.25) is 11.9 Å². The van der Waals surface area contributed by atoms with Crippen LogP contribution in [0.3, 0.4) is 0 Å². The standard InChI is InChI=1S/C20H26F2N8OS/c1-32-6-4-18(31)28-5-2-3-14(10-28)11-30-19-15(8-25-30)7-23-20(27-19)26-16-9-24-29(12-16)13-17(21)22/h7-9,12,14,17H,2-6,10-11,13H2,1H3,(H,23,26,27). The number of likely N-dealkylation sites (tertiary alicyclic amines) is 1. The van der Waals surface area contributed by atoms with Crippen molar-refractivity contribution in [2.45, 2.75) is 38.8 Å². The Balaban J connectivity index is 1.43. The second-order valence-electron chi connectivity index (χ2n) is 7.86. The first kappa shape index (κ1) is 22.4. The number of alkyl halides is 2. The average Bonchev–Trinajstić information content (AvgIpc) is 3.38. The number of carbonyl (C=O) groups excluding carboxylic acids is 1. The zero-order chi connectivity index (χ0) is 22.5. The predicted octanol–water partition coefficient (Wildman–Crippen LogP) is 3.02. The first-order valence-electron chi connectivity index (χ1n) is 10.5. The van der Waals surface area contributed by atoms with Crippen LogP contribution in [0.4, 0.5) is 20.4 Å². The molecule has 1 amide bonds. The molecule has 1 aliphatic heterocycles. The Morgan fingerprint density at radius 2 is 2.19 bits per heavy atom. The molecule has 0 aromatic carbocycles. The van der Waals surface area contributed by atoms with E-state index in [1.165, 1.54) is 17.1 Å². The van der Waals surface area contributed by atoms with Crippen LogP contribution in [0.15, 0.2) is 24.8 Å². The third-order valence-electron chi connectivity index (χ3n) is 5.41. The minimum atomic E-state index is -2.47. The fourth-order valence-corrected chi connectivity index (χ4v) is 4.27. The minimum Gasteiger partial charge on any atom is -0.342 e. The Labute approximate surface area is 188 Å². The van der Waals surface area contributed by atoms with E-state index >= 15 is 0 Å². The maximum atomic E-state index is 12.5. The molecular formula is C20H26F2N8OS. The number of fused-ring (bicyclic) bond motifs is 1. The highest BCUT2D eigenvalue weighted by Gasteiger charge is 2.24. The van der Waals surface area contributed by atoms with Crippen molar-refractivity contribution in [2.75, 3.05) is 30.4 Å². The Hall–Kier alpha value is -2.76. The lowest BCUT2D eigenvalue weighted by atomic mass is 9.98. The molecule has 9 nitrogen and oxygen atoms in total. The molecule has 0 bridgehead atoms. The fourth-order valence-electron chi connectivity index (χ4n) is 3.89. The maximum Gasteiger partial charge on any atom is 0.257 e. The van der Waals surface area contributed by atoms with Crippen LogP contribution in [-0.4, -0.2) is 71.9 Å². The minimum absolute atomic E-state index is 0.218. The van der Waals surface area contributed by atoms with Crippen LogP contribution in [0.1, 0.15) is 19.3 Å². The lowest BCUT2D eigenvalue weighted by Crippen LogP contribution is -2.41. The molecule has 0 spiro atoms. The van der Waals surface area contributed by atoms with Crippen LogP contribution >= 0.6 is 11.8 Å². The molecule has 0 saturated carbocycles. The van der Waals surface area contributed by atoms with Crippen LogP contribution in [0.2, 0.25) is 0 Å². The van der Waals surface area contributed by atoms with Crippen molar-refractivity contribution in [3.63, 3.8) is 0 Å². The third-order valence-corrected chi connectivity index (χ3v) is 6.03. The van der Waals surface area contributed by atoms with Gasteiger partial charge in [-0.2, -0.15) is 26.9 Å². The summed E-state index contributed by atoms with van der Waals surface area (Å²) in [7, 11) is 0. The zero-order valence-corrected chi connectivity index (χ0v) is 18.6. The topological polar surface area (TPSA) is 93.8 Å². The summed E-state index contributed by atoms with van der Waals surface area (Å²) in [5.74, 6) is 1.71. The van der Waals surface area contributed by atoms with Crippen molar-refractivity contribution in [1.29, 1.82) is 0 Å². The van der Waals surface area contributed by atoms with Crippen molar-refractivity contribution >= 4 is 40.3 Å². The number of piperidine rings is 1. The van der Waals surface area contributed by atoms with E-state index in [9.17, 15) is 13.6 Å². The van der Waals surface area contributed by atoms with Crippen LogP contribution in [0.5, 0.6) is 0 Å². The van der Waals surface area contributed by atoms with E-state index in [2.05, 4.69) is 25.5 Å². The van der Waals surface area contributed by atoms with E-state index in [1.807, 2.05) is 15.8 Å². The lowest BCUT2D eigenvalue weighted by Gasteiger charge is -2.32. The van der Waals surface area contributed by atoms with E-state index in [0.717, 1.165) is 37.1 Å². The number of hydrogen-bond donors (Lipinski definition) is 1. The molecular weight excluding hydrogens is 438 g/mol. The number of thioether (sulfide) groups is 1. The number of aromatic nitrogens is 6. The molecule has 32 heavy (non-hydrogen) atoms. The van der Waals surface area contributed by atoms with Gasteiger partial charge in [-0.15, -0.1) is 0 Å². The third kappa shape index (κ3) is 5.53. The largest absolute Gasteiger partial charge is 0.342 e. The summed E-state index contributed by atoms with van der Waals surface area (Å²) in [6.07, 6.45) is 8.48. The quantitative estimate of drug-likeness (QED) is 0.520. The molecule has 1 aliphatic rings. The van der Waals surface area contributed by atoms with Gasteiger partial charge in [-0.1, -0.05) is 0 Å². The highest BCUT2D eigenvalue weighted by molar-refractivity contribution is 7.98. The number of amides is 1. The molecule has 1 fully saturated rings. The van der Waals surface area contributed by atoms with E-state index in [0.29, 0.717) is 36.2 Å². The molecule has 1 N–H and O–H groups in total. The van der Waals surface area contributed by atoms with Crippen LogP contribution in [0.25, 0.3) is 11.0 Å². The number of rotatable bonds is 9. The highest BCUT2D eigenvalue weighted by atomic mass is 32.2. The van der Waals surface area contributed by atoms with Gasteiger partial charge in [0.25, 0.3) is 6.43 Å². The molecule has 3 aromatic heterocycles. The molecule has 3 aromatic rings. The molecule has 0 aliphatic carbocycles. The van der Waals surface area contributed by atoms with Crippen molar-refractivity contribution in [3.05, 3.63) is 24.8 Å². The van der Waals surface area contributed by atoms with Gasteiger partial charge in [0.1, 0.15) is 6.54 Å².